The van der Waals surface area contributed by atoms with Crippen LogP contribution in [0.15, 0.2) is 42.0 Å². The second-order valence-electron chi connectivity index (χ2n) is 7.94. The van der Waals surface area contributed by atoms with E-state index in [-0.39, 0.29) is 23.4 Å². The van der Waals surface area contributed by atoms with Gasteiger partial charge in [0, 0.05) is 17.2 Å². The quantitative estimate of drug-likeness (QED) is 0.362. The van der Waals surface area contributed by atoms with E-state index in [4.69, 9.17) is 10.5 Å². The molecule has 0 radical (unpaired) electrons. The number of benzene rings is 1. The van der Waals surface area contributed by atoms with Gasteiger partial charge < -0.3 is 10.5 Å². The number of hydrogen-bond acceptors (Lipinski definition) is 3. The first-order valence-electron chi connectivity index (χ1n) is 8.93. The van der Waals surface area contributed by atoms with Crippen molar-refractivity contribution < 1.29 is 9.53 Å². The lowest BCUT2D eigenvalue weighted by atomic mass is 9.56. The second kappa shape index (κ2) is 5.51. The number of allylic oxidation sites excluding steroid dienone is 1. The molecule has 0 bridgehead atoms. The first-order valence-corrected chi connectivity index (χ1v) is 8.93. The fourth-order valence-electron chi connectivity index (χ4n) is 5.05. The Morgan fingerprint density at radius 3 is 2.96 bits per heavy atom. The van der Waals surface area contributed by atoms with Crippen molar-refractivity contribution in [3.63, 3.8) is 0 Å². The molecule has 4 atom stereocenters. The molecule has 0 unspecified atom stereocenters. The highest BCUT2D eigenvalue weighted by molar-refractivity contribution is 5.97. The number of ether oxygens (including phenoxy) is 1. The average molecular weight is 323 g/mol. The van der Waals surface area contributed by atoms with Crippen LogP contribution in [0.4, 0.5) is 5.69 Å². The number of carbonyl (C=O) groups excluding carboxylic acids is 1. The maximum atomic E-state index is 12.5. The summed E-state index contributed by atoms with van der Waals surface area (Å²) in [6, 6.07) is 7.67. The minimum absolute atomic E-state index is 0.0147. The molecule has 3 heteroatoms. The molecule has 1 aromatic carbocycles. The van der Waals surface area contributed by atoms with Crippen LogP contribution in [0.25, 0.3) is 6.08 Å². The van der Waals surface area contributed by atoms with Gasteiger partial charge in [-0.2, -0.15) is 0 Å². The van der Waals surface area contributed by atoms with Crippen LogP contribution in [0.3, 0.4) is 0 Å². The zero-order valence-electron chi connectivity index (χ0n) is 14.3. The topological polar surface area (TPSA) is 52.3 Å². The van der Waals surface area contributed by atoms with Crippen LogP contribution in [0.1, 0.15) is 44.6 Å². The molecule has 0 spiro atoms. The molecule has 2 N–H and O–H groups in total. The van der Waals surface area contributed by atoms with E-state index in [9.17, 15) is 4.79 Å². The van der Waals surface area contributed by atoms with Crippen molar-refractivity contribution in [1.29, 1.82) is 0 Å². The first-order chi connectivity index (χ1) is 11.5. The molecule has 1 aliphatic heterocycles. The molecule has 2 saturated carbocycles. The van der Waals surface area contributed by atoms with Gasteiger partial charge in [0.2, 0.25) is 0 Å². The number of nitrogens with two attached hydrogens (primary N) is 1. The van der Waals surface area contributed by atoms with Gasteiger partial charge in [-0.15, -0.1) is 0 Å². The predicted octanol–water partition coefficient (Wildman–Crippen LogP) is 4.35. The molecule has 4 rings (SSSR count). The van der Waals surface area contributed by atoms with Gasteiger partial charge in [-0.3, -0.25) is 0 Å². The van der Waals surface area contributed by atoms with Crippen molar-refractivity contribution in [1.82, 2.24) is 0 Å². The van der Waals surface area contributed by atoms with Gasteiger partial charge in [0.25, 0.3) is 0 Å². The number of hydrogen-bond donors (Lipinski definition) is 1. The Balaban J connectivity index is 1.68. The van der Waals surface area contributed by atoms with Crippen LogP contribution >= 0.6 is 0 Å². The van der Waals surface area contributed by atoms with Crippen LogP contribution in [-0.4, -0.2) is 12.1 Å². The molecule has 0 amide bonds. The van der Waals surface area contributed by atoms with Crippen molar-refractivity contribution in [3.8, 4) is 0 Å². The van der Waals surface area contributed by atoms with E-state index >= 15 is 0 Å². The van der Waals surface area contributed by atoms with Gasteiger partial charge >= 0.3 is 5.97 Å². The normalized spacial score (nSPS) is 37.0. The third-order valence-electron chi connectivity index (χ3n) is 6.39. The van der Waals surface area contributed by atoms with Gasteiger partial charge in [0.15, 0.2) is 0 Å². The Morgan fingerprint density at radius 2 is 2.17 bits per heavy atom. The summed E-state index contributed by atoms with van der Waals surface area (Å²) >= 11 is 0. The molecular weight excluding hydrogens is 298 g/mol. The average Bonchev–Trinajstić information content (AvgIpc) is 2.82. The monoisotopic (exact) mass is 323 g/mol. The SMILES string of the molecule is C=C1CCC[C@]2(C)C[C@H]3OC(=O)/C(=C/c4ccccc4N)[C@H]3C[C@@H]12. The molecule has 3 fully saturated rings. The van der Waals surface area contributed by atoms with E-state index in [1.807, 2.05) is 30.3 Å². The molecule has 1 aromatic rings. The number of para-hydroxylation sites is 1. The van der Waals surface area contributed by atoms with Crippen LogP contribution in [0.2, 0.25) is 0 Å². The third-order valence-corrected chi connectivity index (χ3v) is 6.39. The Bertz CT molecular complexity index is 735. The lowest BCUT2D eigenvalue weighted by Gasteiger charge is -2.49. The van der Waals surface area contributed by atoms with Gasteiger partial charge in [-0.25, -0.2) is 4.79 Å². The molecule has 0 aromatic heterocycles. The second-order valence-corrected chi connectivity index (χ2v) is 7.94. The molecular formula is C21H25NO2. The van der Waals surface area contributed by atoms with Crippen molar-refractivity contribution in [2.75, 3.05) is 5.73 Å². The van der Waals surface area contributed by atoms with Gasteiger partial charge in [0.05, 0.1) is 0 Å². The highest BCUT2D eigenvalue weighted by Crippen LogP contribution is 2.56. The summed E-state index contributed by atoms with van der Waals surface area (Å²) in [5.74, 6) is 0.504. The van der Waals surface area contributed by atoms with Crippen LogP contribution < -0.4 is 5.73 Å². The van der Waals surface area contributed by atoms with E-state index in [1.165, 1.54) is 18.4 Å². The van der Waals surface area contributed by atoms with Crippen molar-refractivity contribution in [2.24, 2.45) is 17.3 Å². The molecule has 3 nitrogen and oxygen atoms in total. The van der Waals surface area contributed by atoms with Crippen molar-refractivity contribution in [3.05, 3.63) is 47.6 Å². The van der Waals surface area contributed by atoms with E-state index in [1.54, 1.807) is 0 Å². The first kappa shape index (κ1) is 15.5. The van der Waals surface area contributed by atoms with Gasteiger partial charge in [-0.1, -0.05) is 37.3 Å². The minimum atomic E-state index is -0.166. The molecule has 126 valence electrons. The summed E-state index contributed by atoms with van der Waals surface area (Å²) in [6.45, 7) is 6.69. The number of fused-ring (bicyclic) bond motifs is 2. The Hall–Kier alpha value is -2.03. The zero-order valence-corrected chi connectivity index (χ0v) is 14.3. The summed E-state index contributed by atoms with van der Waals surface area (Å²) in [7, 11) is 0. The number of nitrogen functional groups attached to an aromatic ring is 1. The van der Waals surface area contributed by atoms with Crippen LogP contribution in [0.5, 0.6) is 0 Å². The largest absolute Gasteiger partial charge is 0.458 e. The number of carbonyl (C=O) groups is 1. The highest BCUT2D eigenvalue weighted by atomic mass is 16.6. The standard InChI is InChI=1S/C21H25NO2/c1-13-6-5-9-21(2)12-19-15(11-17(13)21)16(20(23)24-19)10-14-7-3-4-8-18(14)22/h3-4,7-8,10,15,17,19H,1,5-6,9,11-12,22H2,2H3/b16-10+/t15-,17+,19-,21-/m1/s1. The molecule has 2 aliphatic carbocycles. The lowest BCUT2D eigenvalue weighted by molar-refractivity contribution is -0.142. The number of anilines is 1. The predicted molar refractivity (Wildman–Crippen MR) is 96.0 cm³/mol. The number of esters is 1. The van der Waals surface area contributed by atoms with E-state index in [0.29, 0.717) is 11.6 Å². The molecule has 24 heavy (non-hydrogen) atoms. The lowest BCUT2D eigenvalue weighted by Crippen LogP contribution is -2.43. The van der Waals surface area contributed by atoms with Gasteiger partial charge in [-0.05, 0) is 61.1 Å². The Labute approximate surface area is 143 Å². The maximum absolute atomic E-state index is 12.5. The summed E-state index contributed by atoms with van der Waals surface area (Å²) in [4.78, 5) is 12.5. The molecule has 3 aliphatic rings. The smallest absolute Gasteiger partial charge is 0.334 e. The Kier molecular flexibility index (Phi) is 3.56. The molecule has 1 saturated heterocycles. The van der Waals surface area contributed by atoms with Crippen molar-refractivity contribution >= 4 is 17.7 Å². The molecule has 1 heterocycles. The van der Waals surface area contributed by atoms with E-state index < -0.39 is 0 Å². The summed E-state index contributed by atoms with van der Waals surface area (Å²) in [5.41, 5.74) is 10.0. The number of rotatable bonds is 1. The fourth-order valence-corrected chi connectivity index (χ4v) is 5.05. The minimum Gasteiger partial charge on any atom is -0.458 e. The Morgan fingerprint density at radius 1 is 1.38 bits per heavy atom. The fraction of sp³-hybridized carbons (Fsp3) is 0.476. The van der Waals surface area contributed by atoms with E-state index in [2.05, 4.69) is 13.5 Å². The summed E-state index contributed by atoms with van der Waals surface area (Å²) in [5, 5.41) is 0. The zero-order chi connectivity index (χ0) is 16.9. The summed E-state index contributed by atoms with van der Waals surface area (Å²) in [6.07, 6.45) is 7.43. The van der Waals surface area contributed by atoms with Crippen LogP contribution in [-0.2, 0) is 9.53 Å². The van der Waals surface area contributed by atoms with Gasteiger partial charge in [0.1, 0.15) is 6.10 Å². The van der Waals surface area contributed by atoms with E-state index in [0.717, 1.165) is 30.4 Å². The van der Waals surface area contributed by atoms with Crippen LogP contribution in [0, 0.1) is 17.3 Å². The maximum Gasteiger partial charge on any atom is 0.334 e. The van der Waals surface area contributed by atoms with Crippen molar-refractivity contribution in [2.45, 2.75) is 45.1 Å². The highest BCUT2D eigenvalue weighted by Gasteiger charge is 2.53. The third kappa shape index (κ3) is 2.38. The summed E-state index contributed by atoms with van der Waals surface area (Å²) < 4.78 is 5.76.